The van der Waals surface area contributed by atoms with Gasteiger partial charge in [-0.3, -0.25) is 4.79 Å². The topological polar surface area (TPSA) is 58.1 Å². The summed E-state index contributed by atoms with van der Waals surface area (Å²) < 4.78 is 13.4. The van der Waals surface area contributed by atoms with Gasteiger partial charge in [0.25, 0.3) is 5.91 Å². The average molecular weight is 459 g/mol. The minimum absolute atomic E-state index is 0.0156. The third-order valence-electron chi connectivity index (χ3n) is 5.64. The van der Waals surface area contributed by atoms with Crippen molar-refractivity contribution in [3.63, 3.8) is 0 Å². The summed E-state index contributed by atoms with van der Waals surface area (Å²) in [5.74, 6) is 0.688. The fourth-order valence-corrected chi connectivity index (χ4v) is 5.03. The number of anilines is 1. The highest BCUT2D eigenvalue weighted by Gasteiger charge is 2.34. The van der Waals surface area contributed by atoms with Gasteiger partial charge in [-0.2, -0.15) is 0 Å². The van der Waals surface area contributed by atoms with Gasteiger partial charge in [-0.1, -0.05) is 30.7 Å². The molecule has 2 atom stereocenters. The number of aryl methyl sites for hydroxylation is 1. The lowest BCUT2D eigenvalue weighted by atomic mass is 9.90. The number of thiazole rings is 1. The lowest BCUT2D eigenvalue weighted by molar-refractivity contribution is 0.0535. The molecular formula is C23H24ClFN4OS. The van der Waals surface area contributed by atoms with E-state index >= 15 is 0 Å². The Bertz CT molecular complexity index is 1050. The summed E-state index contributed by atoms with van der Waals surface area (Å²) in [4.78, 5) is 25.2. The van der Waals surface area contributed by atoms with Crippen LogP contribution < -0.4 is 5.32 Å². The molecule has 31 heavy (non-hydrogen) atoms. The number of piperidine rings is 1. The van der Waals surface area contributed by atoms with Crippen molar-refractivity contribution >= 4 is 34.7 Å². The van der Waals surface area contributed by atoms with Gasteiger partial charge in [0, 0.05) is 19.3 Å². The maximum Gasteiger partial charge on any atom is 0.274 e. The van der Waals surface area contributed by atoms with Gasteiger partial charge < -0.3 is 10.2 Å². The van der Waals surface area contributed by atoms with Gasteiger partial charge in [-0.15, -0.1) is 11.3 Å². The molecule has 3 heterocycles. The molecule has 2 aromatic heterocycles. The average Bonchev–Trinajstić information content (AvgIpc) is 3.15. The molecule has 0 bridgehead atoms. The van der Waals surface area contributed by atoms with Crippen LogP contribution >= 0.6 is 22.9 Å². The number of pyridine rings is 1. The summed E-state index contributed by atoms with van der Waals surface area (Å²) in [6, 6.07) is 9.85. The van der Waals surface area contributed by atoms with Gasteiger partial charge >= 0.3 is 0 Å². The van der Waals surface area contributed by atoms with Crippen molar-refractivity contribution in [1.82, 2.24) is 14.9 Å². The fraction of sp³-hybridized carbons (Fsp3) is 0.348. The second-order valence-electron chi connectivity index (χ2n) is 7.85. The number of nitrogens with one attached hydrogen (secondary N) is 1. The Hall–Kier alpha value is -2.51. The van der Waals surface area contributed by atoms with Crippen molar-refractivity contribution in [2.24, 2.45) is 5.92 Å². The van der Waals surface area contributed by atoms with Crippen LogP contribution in [0.5, 0.6) is 0 Å². The number of aromatic nitrogens is 2. The molecule has 5 nitrogen and oxygen atoms in total. The fourth-order valence-electron chi connectivity index (χ4n) is 4.01. The summed E-state index contributed by atoms with van der Waals surface area (Å²) >= 11 is 7.38. The van der Waals surface area contributed by atoms with E-state index in [1.165, 1.54) is 23.5 Å². The maximum absolute atomic E-state index is 13.6. The number of amides is 1. The molecule has 1 aliphatic rings. The van der Waals surface area contributed by atoms with E-state index in [4.69, 9.17) is 11.6 Å². The number of benzene rings is 1. The van der Waals surface area contributed by atoms with Crippen LogP contribution in [0.4, 0.5) is 10.2 Å². The summed E-state index contributed by atoms with van der Waals surface area (Å²) in [5, 5.41) is 4.74. The van der Waals surface area contributed by atoms with Crippen LogP contribution in [0.3, 0.4) is 0 Å². The number of carbonyl (C=O) groups is 1. The van der Waals surface area contributed by atoms with Crippen LogP contribution in [-0.4, -0.2) is 39.9 Å². The van der Waals surface area contributed by atoms with E-state index in [0.29, 0.717) is 29.7 Å². The zero-order chi connectivity index (χ0) is 22.0. The second kappa shape index (κ2) is 9.32. The van der Waals surface area contributed by atoms with E-state index < -0.39 is 0 Å². The molecule has 1 amide bonds. The summed E-state index contributed by atoms with van der Waals surface area (Å²) in [6.07, 6.45) is 3.62. The molecule has 3 aromatic rings. The smallest absolute Gasteiger partial charge is 0.274 e. The highest BCUT2D eigenvalue weighted by Crippen LogP contribution is 2.33. The van der Waals surface area contributed by atoms with E-state index in [2.05, 4.69) is 22.2 Å². The predicted molar refractivity (Wildman–Crippen MR) is 123 cm³/mol. The van der Waals surface area contributed by atoms with Crippen molar-refractivity contribution in [3.8, 4) is 10.4 Å². The van der Waals surface area contributed by atoms with Crippen molar-refractivity contribution in [2.75, 3.05) is 18.4 Å². The molecule has 1 unspecified atom stereocenters. The molecule has 0 spiro atoms. The summed E-state index contributed by atoms with van der Waals surface area (Å²) in [7, 11) is 0. The Balaban J connectivity index is 1.58. The van der Waals surface area contributed by atoms with Crippen LogP contribution in [0.2, 0.25) is 5.02 Å². The predicted octanol–water partition coefficient (Wildman–Crippen LogP) is 5.66. The Morgan fingerprint density at radius 1 is 1.29 bits per heavy atom. The summed E-state index contributed by atoms with van der Waals surface area (Å²) in [5.41, 5.74) is 1.25. The van der Waals surface area contributed by atoms with Crippen molar-refractivity contribution in [1.29, 1.82) is 0 Å². The lowest BCUT2D eigenvalue weighted by Gasteiger charge is -2.40. The number of rotatable bonds is 5. The van der Waals surface area contributed by atoms with Crippen LogP contribution in [0.15, 0.2) is 42.6 Å². The van der Waals surface area contributed by atoms with Crippen LogP contribution in [0, 0.1) is 18.7 Å². The van der Waals surface area contributed by atoms with Gasteiger partial charge in [0.1, 0.15) is 17.3 Å². The van der Waals surface area contributed by atoms with Crippen LogP contribution in [0.25, 0.3) is 10.4 Å². The number of carbonyl (C=O) groups excluding carboxylic acids is 1. The molecule has 8 heteroatoms. The Morgan fingerprint density at radius 2 is 2.06 bits per heavy atom. The first-order valence-electron chi connectivity index (χ1n) is 10.3. The molecule has 1 N–H and O–H groups in total. The molecule has 0 radical (unpaired) electrons. The van der Waals surface area contributed by atoms with Crippen molar-refractivity contribution in [2.45, 2.75) is 32.7 Å². The van der Waals surface area contributed by atoms with Crippen molar-refractivity contribution in [3.05, 3.63) is 64.1 Å². The standard InChI is InChI=1S/C23H24ClFN4OS/c1-14-4-3-11-29(19(14)13-27-20-10-7-17(24)12-26-20)23(30)21-22(31-15(2)28-21)16-5-8-18(25)9-6-16/h5-10,12,14,19H,3-4,11,13H2,1-2H3,(H,26,27)/t14-,19?/m1/s1. The molecule has 1 aromatic carbocycles. The number of hydrogen-bond donors (Lipinski definition) is 1. The molecule has 1 fully saturated rings. The van der Waals surface area contributed by atoms with Gasteiger partial charge in [0.15, 0.2) is 0 Å². The Labute approximate surface area is 190 Å². The summed E-state index contributed by atoms with van der Waals surface area (Å²) in [6.45, 7) is 5.34. The first kappa shape index (κ1) is 21.7. The van der Waals surface area contributed by atoms with Crippen LogP contribution in [0.1, 0.15) is 35.3 Å². The van der Waals surface area contributed by atoms with E-state index in [9.17, 15) is 9.18 Å². The number of likely N-dealkylation sites (tertiary alicyclic amines) is 1. The normalized spacial score (nSPS) is 18.8. The number of hydrogen-bond acceptors (Lipinski definition) is 5. The van der Waals surface area contributed by atoms with E-state index in [-0.39, 0.29) is 17.8 Å². The second-order valence-corrected chi connectivity index (χ2v) is 9.49. The molecule has 1 saturated heterocycles. The highest BCUT2D eigenvalue weighted by atomic mass is 35.5. The quantitative estimate of drug-likeness (QED) is 0.536. The molecule has 162 valence electrons. The monoisotopic (exact) mass is 458 g/mol. The first-order chi connectivity index (χ1) is 14.9. The molecule has 0 aliphatic carbocycles. The van der Waals surface area contributed by atoms with Crippen LogP contribution in [-0.2, 0) is 0 Å². The largest absolute Gasteiger partial charge is 0.368 e. The minimum atomic E-state index is -0.301. The van der Waals surface area contributed by atoms with E-state index in [1.807, 2.05) is 17.9 Å². The van der Waals surface area contributed by atoms with E-state index in [0.717, 1.165) is 34.1 Å². The zero-order valence-corrected chi connectivity index (χ0v) is 19.0. The van der Waals surface area contributed by atoms with Gasteiger partial charge in [0.2, 0.25) is 0 Å². The number of halogens is 2. The third-order valence-corrected chi connectivity index (χ3v) is 6.88. The van der Waals surface area contributed by atoms with E-state index in [1.54, 1.807) is 24.4 Å². The number of nitrogens with zero attached hydrogens (tertiary/aromatic N) is 3. The van der Waals surface area contributed by atoms with Gasteiger partial charge in [0.05, 0.1) is 20.9 Å². The van der Waals surface area contributed by atoms with Gasteiger partial charge in [-0.05, 0) is 55.5 Å². The first-order valence-corrected chi connectivity index (χ1v) is 11.5. The Kier molecular flexibility index (Phi) is 6.53. The maximum atomic E-state index is 13.6. The third kappa shape index (κ3) is 4.88. The SMILES string of the molecule is Cc1nc(C(=O)N2CCC[C@@H](C)C2CNc2ccc(Cl)cn2)c(-c2ccc(F)cc2)s1. The zero-order valence-electron chi connectivity index (χ0n) is 17.4. The lowest BCUT2D eigenvalue weighted by Crippen LogP contribution is -2.51. The molecule has 0 saturated carbocycles. The van der Waals surface area contributed by atoms with Gasteiger partial charge in [-0.25, -0.2) is 14.4 Å². The van der Waals surface area contributed by atoms with Crippen molar-refractivity contribution < 1.29 is 9.18 Å². The highest BCUT2D eigenvalue weighted by molar-refractivity contribution is 7.15. The minimum Gasteiger partial charge on any atom is -0.368 e. The molecule has 1 aliphatic heterocycles. The molecule has 4 rings (SSSR count). The Morgan fingerprint density at radius 3 is 2.77 bits per heavy atom. The molecular weight excluding hydrogens is 435 g/mol.